The van der Waals surface area contributed by atoms with Crippen molar-refractivity contribution < 1.29 is 18.3 Å². The second-order valence-corrected chi connectivity index (χ2v) is 11.3. The molecule has 3 aliphatic heterocycles. The summed E-state index contributed by atoms with van der Waals surface area (Å²) in [4.78, 5) is 17.0. The van der Waals surface area contributed by atoms with Crippen molar-refractivity contribution >= 4 is 6.09 Å². The van der Waals surface area contributed by atoms with Gasteiger partial charge in [0.25, 0.3) is 0 Å². The number of hydrogen-bond donors (Lipinski definition) is 2. The predicted molar refractivity (Wildman–Crippen MR) is 132 cm³/mol. The van der Waals surface area contributed by atoms with Gasteiger partial charge in [-0.2, -0.15) is 0 Å². The Balaban J connectivity index is 1.46. The molecule has 1 aliphatic carbocycles. The van der Waals surface area contributed by atoms with Gasteiger partial charge in [-0.15, -0.1) is 0 Å². The number of ether oxygens (including phenoxy) is 1. The lowest BCUT2D eigenvalue weighted by Gasteiger charge is -2.54. The molecule has 1 saturated carbocycles. The first kappa shape index (κ1) is 24.9. The molecule has 35 heavy (non-hydrogen) atoms. The molecule has 4 fully saturated rings. The topological polar surface area (TPSA) is 56.8 Å². The van der Waals surface area contributed by atoms with Crippen LogP contribution in [-0.4, -0.2) is 87.1 Å². The van der Waals surface area contributed by atoms with Crippen LogP contribution in [0.5, 0.6) is 0 Å². The molecule has 8 heteroatoms. The fourth-order valence-electron chi connectivity index (χ4n) is 7.25. The van der Waals surface area contributed by atoms with E-state index in [1.807, 2.05) is 6.07 Å². The number of alkyl carbamates (subject to hydrolysis) is 1. The van der Waals surface area contributed by atoms with Crippen molar-refractivity contribution in [1.82, 2.24) is 20.4 Å². The molecule has 0 aromatic heterocycles. The fourth-order valence-corrected chi connectivity index (χ4v) is 7.25. The smallest absolute Gasteiger partial charge is 0.407 e. The van der Waals surface area contributed by atoms with E-state index in [2.05, 4.69) is 26.5 Å². The van der Waals surface area contributed by atoms with E-state index in [4.69, 9.17) is 4.74 Å². The third-order valence-corrected chi connectivity index (χ3v) is 9.17. The molecule has 1 aromatic carbocycles. The number of benzene rings is 1. The number of nitrogens with zero attached hydrogens (tertiary/aromatic N) is 2. The van der Waals surface area contributed by atoms with Gasteiger partial charge in [0.1, 0.15) is 11.5 Å². The number of rotatable bonds is 8. The lowest BCUT2D eigenvalue weighted by atomic mass is 9.57. The molecule has 5 rings (SSSR count). The highest BCUT2D eigenvalue weighted by Gasteiger charge is 2.53. The van der Waals surface area contributed by atoms with Crippen molar-refractivity contribution in [3.63, 3.8) is 0 Å². The highest BCUT2D eigenvalue weighted by atomic mass is 19.1. The van der Waals surface area contributed by atoms with Crippen LogP contribution in [0.2, 0.25) is 0 Å². The van der Waals surface area contributed by atoms with Crippen LogP contribution in [0, 0.1) is 17.7 Å². The summed E-state index contributed by atoms with van der Waals surface area (Å²) in [5.41, 5.74) is -0.329. The Hall–Kier alpha value is -1.77. The van der Waals surface area contributed by atoms with E-state index in [-0.39, 0.29) is 23.2 Å². The molecule has 0 bridgehead atoms. The highest BCUT2D eigenvalue weighted by Crippen LogP contribution is 2.51. The van der Waals surface area contributed by atoms with Crippen molar-refractivity contribution in [2.45, 2.75) is 55.7 Å². The Morgan fingerprint density at radius 3 is 2.51 bits per heavy atom. The number of carbonyl (C=O) groups excluding carboxylic acids is 1. The molecule has 3 atom stereocenters. The van der Waals surface area contributed by atoms with E-state index >= 15 is 0 Å². The van der Waals surface area contributed by atoms with Gasteiger partial charge in [0.05, 0.1) is 7.11 Å². The van der Waals surface area contributed by atoms with Gasteiger partial charge < -0.3 is 25.2 Å². The third kappa shape index (κ3) is 5.07. The molecule has 6 nitrogen and oxygen atoms in total. The van der Waals surface area contributed by atoms with Crippen LogP contribution >= 0.6 is 0 Å². The van der Waals surface area contributed by atoms with Crippen LogP contribution in [0.25, 0.3) is 0 Å². The predicted octanol–water partition coefficient (Wildman–Crippen LogP) is 3.32. The molecule has 0 unspecified atom stereocenters. The zero-order valence-electron chi connectivity index (χ0n) is 20.9. The number of nitrogens with one attached hydrogen (secondary N) is 2. The zero-order valence-corrected chi connectivity index (χ0v) is 20.9. The van der Waals surface area contributed by atoms with Crippen molar-refractivity contribution in [2.75, 3.05) is 59.5 Å². The van der Waals surface area contributed by atoms with Gasteiger partial charge >= 0.3 is 6.09 Å². The Labute approximate surface area is 207 Å². The monoisotopic (exact) mass is 490 g/mol. The van der Waals surface area contributed by atoms with E-state index in [0.717, 1.165) is 70.4 Å². The summed E-state index contributed by atoms with van der Waals surface area (Å²) < 4.78 is 34.5. The lowest BCUT2D eigenvalue weighted by Crippen LogP contribution is -2.63. The molecule has 3 saturated heterocycles. The second kappa shape index (κ2) is 10.3. The van der Waals surface area contributed by atoms with E-state index in [1.165, 1.54) is 19.6 Å². The fraction of sp³-hybridized carbons (Fsp3) is 0.741. The van der Waals surface area contributed by atoms with Crippen LogP contribution in [0.3, 0.4) is 0 Å². The Bertz CT molecular complexity index is 886. The number of hydrogen-bond acceptors (Lipinski definition) is 5. The lowest BCUT2D eigenvalue weighted by molar-refractivity contribution is -0.000787. The van der Waals surface area contributed by atoms with Crippen LogP contribution in [-0.2, 0) is 10.2 Å². The molecule has 1 aromatic rings. The van der Waals surface area contributed by atoms with Crippen molar-refractivity contribution in [3.8, 4) is 0 Å². The van der Waals surface area contributed by atoms with Crippen LogP contribution < -0.4 is 10.6 Å². The number of likely N-dealkylation sites (tertiary alicyclic amines) is 2. The van der Waals surface area contributed by atoms with Crippen LogP contribution in [0.4, 0.5) is 13.6 Å². The number of amides is 1. The normalized spacial score (nSPS) is 29.1. The molecular weight excluding hydrogens is 450 g/mol. The van der Waals surface area contributed by atoms with Gasteiger partial charge in [-0.1, -0.05) is 18.6 Å². The largest absolute Gasteiger partial charge is 0.453 e. The van der Waals surface area contributed by atoms with Gasteiger partial charge in [0, 0.05) is 37.6 Å². The molecule has 0 radical (unpaired) electrons. The van der Waals surface area contributed by atoms with E-state index in [0.29, 0.717) is 25.6 Å². The SMILES string of the molecule is COC(=O)N[C@H]1CCC[C@@H]1[C@](CN1CCC1)(c1cccc(F)c1)C1CCN(CC2(F)CNC2)CC1. The first-order valence-electron chi connectivity index (χ1n) is 13.4. The third-order valence-electron chi connectivity index (χ3n) is 9.17. The minimum Gasteiger partial charge on any atom is -0.453 e. The summed E-state index contributed by atoms with van der Waals surface area (Å²) in [5, 5.41) is 6.19. The maximum Gasteiger partial charge on any atom is 0.407 e. The first-order valence-corrected chi connectivity index (χ1v) is 13.4. The number of halogens is 2. The average Bonchev–Trinajstić information content (AvgIpc) is 3.26. The molecule has 1 amide bonds. The van der Waals surface area contributed by atoms with E-state index < -0.39 is 11.8 Å². The van der Waals surface area contributed by atoms with Crippen LogP contribution in [0.1, 0.15) is 44.1 Å². The van der Waals surface area contributed by atoms with Gasteiger partial charge in [-0.25, -0.2) is 13.6 Å². The van der Waals surface area contributed by atoms with Crippen molar-refractivity contribution in [3.05, 3.63) is 35.6 Å². The minimum absolute atomic E-state index is 0.000172. The molecule has 3 heterocycles. The molecule has 194 valence electrons. The average molecular weight is 491 g/mol. The maximum absolute atomic E-state index is 14.8. The number of methoxy groups -OCH3 is 1. The Kier molecular flexibility index (Phi) is 7.33. The molecule has 0 spiro atoms. The van der Waals surface area contributed by atoms with Crippen molar-refractivity contribution in [2.24, 2.45) is 11.8 Å². The summed E-state index contributed by atoms with van der Waals surface area (Å²) in [6, 6.07) is 7.18. The quantitative estimate of drug-likeness (QED) is 0.586. The summed E-state index contributed by atoms with van der Waals surface area (Å²) in [5.74, 6) is 0.324. The standard InChI is InChI=1S/C27H40F2N4O2/c1-35-25(34)31-24-8-3-7-23(24)27(19-32-11-4-12-32,21-5-2-6-22(28)15-21)20-9-13-33(14-10-20)18-26(29)16-30-17-26/h2,5-6,15,20,23-24,30H,3-4,7-14,16-19H2,1H3,(H,31,34)/t23-,24-,27-/m0/s1. The van der Waals surface area contributed by atoms with Gasteiger partial charge in [-0.3, -0.25) is 0 Å². The Morgan fingerprint density at radius 2 is 1.91 bits per heavy atom. The highest BCUT2D eigenvalue weighted by molar-refractivity contribution is 5.67. The van der Waals surface area contributed by atoms with Gasteiger partial charge in [0.15, 0.2) is 0 Å². The summed E-state index contributed by atoms with van der Waals surface area (Å²) >= 11 is 0. The summed E-state index contributed by atoms with van der Waals surface area (Å²) in [6.07, 6.45) is 5.65. The number of alkyl halides is 1. The molecule has 4 aliphatic rings. The summed E-state index contributed by atoms with van der Waals surface area (Å²) in [7, 11) is 1.41. The zero-order chi connectivity index (χ0) is 24.5. The second-order valence-electron chi connectivity index (χ2n) is 11.3. The number of carbonyl (C=O) groups is 1. The van der Waals surface area contributed by atoms with Crippen molar-refractivity contribution in [1.29, 1.82) is 0 Å². The minimum atomic E-state index is -1.11. The summed E-state index contributed by atoms with van der Waals surface area (Å²) in [6.45, 7) is 6.09. The van der Waals surface area contributed by atoms with Gasteiger partial charge in [0.2, 0.25) is 0 Å². The van der Waals surface area contributed by atoms with E-state index in [9.17, 15) is 13.6 Å². The maximum atomic E-state index is 14.8. The van der Waals surface area contributed by atoms with E-state index in [1.54, 1.807) is 6.07 Å². The molecule has 2 N–H and O–H groups in total. The molecular formula is C27H40F2N4O2. The Morgan fingerprint density at radius 1 is 1.14 bits per heavy atom. The number of piperidine rings is 1. The van der Waals surface area contributed by atoms with Gasteiger partial charge in [-0.05, 0) is 87.8 Å². The van der Waals surface area contributed by atoms with Crippen LogP contribution in [0.15, 0.2) is 24.3 Å². The first-order chi connectivity index (χ1) is 16.9.